The lowest BCUT2D eigenvalue weighted by atomic mass is 10.1. The Kier molecular flexibility index (Phi) is 3.92. The lowest BCUT2D eigenvalue weighted by molar-refractivity contribution is 0.102. The van der Waals surface area contributed by atoms with Crippen LogP contribution in [0.25, 0.3) is 10.9 Å². The van der Waals surface area contributed by atoms with Gasteiger partial charge in [0.05, 0.1) is 5.52 Å². The maximum atomic E-state index is 12.4. The minimum Gasteiger partial charge on any atom is -0.506 e. The van der Waals surface area contributed by atoms with Crippen LogP contribution in [0.15, 0.2) is 57.8 Å². The van der Waals surface area contributed by atoms with E-state index in [2.05, 4.69) is 21.2 Å². The van der Waals surface area contributed by atoms with E-state index in [1.807, 2.05) is 0 Å². The van der Waals surface area contributed by atoms with Crippen LogP contribution in [-0.2, 0) is 7.05 Å². The minimum absolute atomic E-state index is 0.269. The summed E-state index contributed by atoms with van der Waals surface area (Å²) in [6.45, 7) is 0. The van der Waals surface area contributed by atoms with E-state index < -0.39 is 11.5 Å². The van der Waals surface area contributed by atoms with Crippen LogP contribution in [-0.4, -0.2) is 15.6 Å². The summed E-state index contributed by atoms with van der Waals surface area (Å²) in [4.78, 5) is 24.9. The molecule has 3 aromatic rings. The van der Waals surface area contributed by atoms with Crippen LogP contribution in [0.4, 0.5) is 5.69 Å². The Morgan fingerprint density at radius 1 is 1.13 bits per heavy atom. The molecule has 0 fully saturated rings. The molecule has 0 aliphatic carbocycles. The highest BCUT2D eigenvalue weighted by Gasteiger charge is 2.21. The summed E-state index contributed by atoms with van der Waals surface area (Å²) in [5.41, 5.74) is 0.285. The number of benzene rings is 2. The second-order valence-electron chi connectivity index (χ2n) is 5.07. The van der Waals surface area contributed by atoms with Crippen molar-refractivity contribution in [2.24, 2.45) is 7.05 Å². The molecular formula is C17H13BrN2O3. The summed E-state index contributed by atoms with van der Waals surface area (Å²) in [6.07, 6.45) is 0. The molecule has 0 bridgehead atoms. The molecule has 2 N–H and O–H groups in total. The molecule has 3 rings (SSSR count). The number of hydrogen-bond donors (Lipinski definition) is 2. The molecule has 0 unspecified atom stereocenters. The Labute approximate surface area is 140 Å². The van der Waals surface area contributed by atoms with Crippen molar-refractivity contribution < 1.29 is 9.90 Å². The monoisotopic (exact) mass is 372 g/mol. The Balaban J connectivity index is 2.10. The van der Waals surface area contributed by atoms with Crippen molar-refractivity contribution in [3.63, 3.8) is 0 Å². The van der Waals surface area contributed by atoms with E-state index in [0.29, 0.717) is 16.6 Å². The number of rotatable bonds is 2. The van der Waals surface area contributed by atoms with Gasteiger partial charge >= 0.3 is 0 Å². The van der Waals surface area contributed by atoms with Crippen LogP contribution < -0.4 is 10.9 Å². The predicted octanol–water partition coefficient (Wildman–Crippen LogP) is 3.26. The molecule has 116 valence electrons. The van der Waals surface area contributed by atoms with Gasteiger partial charge in [0, 0.05) is 22.6 Å². The number of aromatic nitrogens is 1. The number of carbonyl (C=O) groups excluding carboxylic acids is 1. The maximum Gasteiger partial charge on any atom is 0.267 e. The van der Waals surface area contributed by atoms with E-state index in [1.54, 1.807) is 55.6 Å². The largest absolute Gasteiger partial charge is 0.506 e. The highest BCUT2D eigenvalue weighted by molar-refractivity contribution is 9.10. The Hall–Kier alpha value is -2.60. The smallest absolute Gasteiger partial charge is 0.267 e. The molecule has 0 saturated heterocycles. The number of nitrogens with zero attached hydrogens (tertiary/aromatic N) is 1. The third-order valence-corrected chi connectivity index (χ3v) is 4.13. The van der Waals surface area contributed by atoms with Crippen LogP contribution in [0.2, 0.25) is 0 Å². The summed E-state index contributed by atoms with van der Waals surface area (Å²) in [6, 6.07) is 13.8. The van der Waals surface area contributed by atoms with E-state index in [-0.39, 0.29) is 11.3 Å². The molecule has 0 aliphatic heterocycles. The number of pyridine rings is 1. The number of halogens is 1. The number of amides is 1. The highest BCUT2D eigenvalue weighted by Crippen LogP contribution is 2.26. The van der Waals surface area contributed by atoms with Gasteiger partial charge in [-0.25, -0.2) is 0 Å². The van der Waals surface area contributed by atoms with Gasteiger partial charge in [-0.2, -0.15) is 0 Å². The topological polar surface area (TPSA) is 71.3 Å². The predicted molar refractivity (Wildman–Crippen MR) is 92.9 cm³/mol. The number of aryl methyl sites for hydroxylation is 1. The zero-order valence-corrected chi connectivity index (χ0v) is 13.8. The van der Waals surface area contributed by atoms with E-state index >= 15 is 0 Å². The summed E-state index contributed by atoms with van der Waals surface area (Å²) in [5, 5.41) is 13.4. The summed E-state index contributed by atoms with van der Waals surface area (Å²) < 4.78 is 2.23. The third kappa shape index (κ3) is 2.73. The first-order valence-corrected chi connectivity index (χ1v) is 7.66. The van der Waals surface area contributed by atoms with Gasteiger partial charge in [-0.05, 0) is 36.4 Å². The zero-order chi connectivity index (χ0) is 16.6. The first-order chi connectivity index (χ1) is 11.0. The zero-order valence-electron chi connectivity index (χ0n) is 12.2. The van der Waals surface area contributed by atoms with Gasteiger partial charge in [-0.15, -0.1) is 0 Å². The van der Waals surface area contributed by atoms with Crippen LogP contribution in [0.1, 0.15) is 10.4 Å². The molecule has 0 atom stereocenters. The molecular weight excluding hydrogens is 360 g/mol. The number of carbonyl (C=O) groups is 1. The van der Waals surface area contributed by atoms with Crippen molar-refractivity contribution >= 4 is 38.4 Å². The van der Waals surface area contributed by atoms with Crippen molar-refractivity contribution in [2.75, 3.05) is 5.32 Å². The fraction of sp³-hybridized carbons (Fsp3) is 0.0588. The SMILES string of the molecule is Cn1c(=O)c(C(=O)Nc2ccc(Br)cc2)c(O)c2ccccc21. The molecule has 0 saturated carbocycles. The molecule has 1 aromatic heterocycles. The Morgan fingerprint density at radius 3 is 2.48 bits per heavy atom. The number of nitrogens with one attached hydrogen (secondary N) is 1. The van der Waals surface area contributed by atoms with E-state index in [1.165, 1.54) is 4.57 Å². The highest BCUT2D eigenvalue weighted by atomic mass is 79.9. The molecule has 0 aliphatic rings. The summed E-state index contributed by atoms with van der Waals surface area (Å²) in [7, 11) is 1.57. The Bertz CT molecular complexity index is 962. The summed E-state index contributed by atoms with van der Waals surface area (Å²) in [5.74, 6) is -0.950. The molecule has 2 aromatic carbocycles. The molecule has 0 spiro atoms. The van der Waals surface area contributed by atoms with Crippen molar-refractivity contribution in [2.45, 2.75) is 0 Å². The van der Waals surface area contributed by atoms with Gasteiger partial charge in [0.25, 0.3) is 11.5 Å². The van der Waals surface area contributed by atoms with E-state index in [9.17, 15) is 14.7 Å². The van der Waals surface area contributed by atoms with Crippen LogP contribution >= 0.6 is 15.9 Å². The molecule has 5 nitrogen and oxygen atoms in total. The normalized spacial score (nSPS) is 10.7. The van der Waals surface area contributed by atoms with Gasteiger partial charge in [0.1, 0.15) is 11.3 Å². The van der Waals surface area contributed by atoms with Gasteiger partial charge < -0.3 is 15.0 Å². The van der Waals surface area contributed by atoms with Crippen molar-refractivity contribution in [1.82, 2.24) is 4.57 Å². The average Bonchev–Trinajstić information content (AvgIpc) is 2.55. The lowest BCUT2D eigenvalue weighted by Gasteiger charge is -2.12. The first-order valence-electron chi connectivity index (χ1n) is 6.86. The number of anilines is 1. The van der Waals surface area contributed by atoms with Gasteiger partial charge in [0.2, 0.25) is 0 Å². The molecule has 1 amide bonds. The Morgan fingerprint density at radius 2 is 1.78 bits per heavy atom. The fourth-order valence-corrected chi connectivity index (χ4v) is 2.68. The fourth-order valence-electron chi connectivity index (χ4n) is 2.41. The summed E-state index contributed by atoms with van der Waals surface area (Å²) >= 11 is 3.31. The average molecular weight is 373 g/mol. The first kappa shape index (κ1) is 15.3. The third-order valence-electron chi connectivity index (χ3n) is 3.60. The molecule has 23 heavy (non-hydrogen) atoms. The van der Waals surface area contributed by atoms with Crippen LogP contribution in [0.3, 0.4) is 0 Å². The van der Waals surface area contributed by atoms with E-state index in [0.717, 1.165) is 4.47 Å². The number of fused-ring (bicyclic) bond motifs is 1. The molecule has 6 heteroatoms. The number of hydrogen-bond acceptors (Lipinski definition) is 3. The van der Waals surface area contributed by atoms with Gasteiger partial charge in [0.15, 0.2) is 0 Å². The van der Waals surface area contributed by atoms with Crippen LogP contribution in [0.5, 0.6) is 5.75 Å². The lowest BCUT2D eigenvalue weighted by Crippen LogP contribution is -2.28. The quantitative estimate of drug-likeness (QED) is 0.725. The van der Waals surface area contributed by atoms with Gasteiger partial charge in [-0.1, -0.05) is 28.1 Å². The van der Waals surface area contributed by atoms with Crippen LogP contribution in [0, 0.1) is 0 Å². The minimum atomic E-state index is -0.642. The molecule has 0 radical (unpaired) electrons. The number of aromatic hydroxyl groups is 1. The van der Waals surface area contributed by atoms with E-state index in [4.69, 9.17) is 0 Å². The van der Waals surface area contributed by atoms with Crippen molar-refractivity contribution in [3.8, 4) is 5.75 Å². The van der Waals surface area contributed by atoms with Crippen molar-refractivity contribution in [1.29, 1.82) is 0 Å². The van der Waals surface area contributed by atoms with Gasteiger partial charge in [-0.3, -0.25) is 9.59 Å². The molecule has 1 heterocycles. The second kappa shape index (κ2) is 5.89. The van der Waals surface area contributed by atoms with Crippen molar-refractivity contribution in [3.05, 3.63) is 68.9 Å². The standard InChI is InChI=1S/C17H13BrN2O3/c1-20-13-5-3-2-4-12(13)15(21)14(17(20)23)16(22)19-11-8-6-10(18)7-9-11/h2-9,21H,1H3,(H,19,22). The number of para-hydroxylation sites is 1. The second-order valence-corrected chi connectivity index (χ2v) is 5.98. The maximum absolute atomic E-state index is 12.4.